The number of aromatic nitrogens is 1. The zero-order valence-electron chi connectivity index (χ0n) is 19.1. The highest BCUT2D eigenvalue weighted by molar-refractivity contribution is 7.79. The Bertz CT molecular complexity index is 1230. The fraction of sp³-hybridized carbons (Fsp3) is 0.250. The topological polar surface area (TPSA) is 26.5 Å². The highest BCUT2D eigenvalue weighted by Gasteiger charge is 2.35. The van der Waals surface area contributed by atoms with Gasteiger partial charge in [-0.25, -0.2) is 4.99 Å². The van der Waals surface area contributed by atoms with E-state index in [9.17, 15) is 0 Å². The molecule has 0 amide bonds. The summed E-state index contributed by atoms with van der Waals surface area (Å²) in [5, 5.41) is 3.86. The first-order valence-corrected chi connectivity index (χ1v) is 12.5. The maximum atomic E-state index is 6.31. The van der Waals surface area contributed by atoms with E-state index < -0.39 is 7.92 Å². The Balaban J connectivity index is 1.80. The highest BCUT2D eigenvalue weighted by Crippen LogP contribution is 2.39. The van der Waals surface area contributed by atoms with Crippen LogP contribution < -0.4 is 16.0 Å². The van der Waals surface area contributed by atoms with Gasteiger partial charge in [-0.15, -0.1) is 0 Å². The van der Waals surface area contributed by atoms with E-state index in [0.717, 1.165) is 11.5 Å². The molecule has 3 nitrogen and oxygen atoms in total. The number of benzene rings is 3. The Morgan fingerprint density at radius 1 is 0.844 bits per heavy atom. The van der Waals surface area contributed by atoms with Crippen molar-refractivity contribution in [3.63, 3.8) is 0 Å². The van der Waals surface area contributed by atoms with Gasteiger partial charge >= 0.3 is 0 Å². The van der Waals surface area contributed by atoms with Crippen LogP contribution >= 0.6 is 7.92 Å². The number of nitrogens with zero attached hydrogens (tertiary/aromatic N) is 2. The van der Waals surface area contributed by atoms with Gasteiger partial charge < -0.3 is 9.30 Å². The molecule has 0 aliphatic carbocycles. The Kier molecular flexibility index (Phi) is 5.39. The van der Waals surface area contributed by atoms with Crippen molar-refractivity contribution in [1.29, 1.82) is 0 Å². The van der Waals surface area contributed by atoms with E-state index in [4.69, 9.17) is 9.73 Å². The van der Waals surface area contributed by atoms with Gasteiger partial charge in [0.2, 0.25) is 5.90 Å². The predicted molar refractivity (Wildman–Crippen MR) is 137 cm³/mol. The normalized spacial score (nSPS) is 16.4. The molecular weight excluding hydrogens is 411 g/mol. The molecule has 0 saturated carbocycles. The average molecular weight is 441 g/mol. The lowest BCUT2D eigenvalue weighted by atomic mass is 9.88. The summed E-state index contributed by atoms with van der Waals surface area (Å²) in [6.45, 7) is 7.34. The summed E-state index contributed by atoms with van der Waals surface area (Å²) in [7, 11) is 1.39. The summed E-state index contributed by atoms with van der Waals surface area (Å²) in [6, 6.07) is 30.5. The molecule has 1 aliphatic heterocycles. The summed E-state index contributed by atoms with van der Waals surface area (Å²) in [5.41, 5.74) is 3.71. The van der Waals surface area contributed by atoms with Crippen molar-refractivity contribution in [2.24, 2.45) is 17.5 Å². The van der Waals surface area contributed by atoms with E-state index in [1.165, 1.54) is 26.9 Å². The van der Waals surface area contributed by atoms with Gasteiger partial charge in [-0.3, -0.25) is 0 Å². The molecule has 4 aromatic rings. The van der Waals surface area contributed by atoms with Gasteiger partial charge in [0, 0.05) is 25.9 Å². The van der Waals surface area contributed by atoms with Crippen molar-refractivity contribution < 1.29 is 4.74 Å². The quantitative estimate of drug-likeness (QED) is 0.404. The van der Waals surface area contributed by atoms with E-state index >= 15 is 0 Å². The lowest BCUT2D eigenvalue weighted by molar-refractivity contribution is 0.236. The molecule has 4 heteroatoms. The third-order valence-electron chi connectivity index (χ3n) is 6.18. The number of hydrogen-bond donors (Lipinski definition) is 0. The largest absolute Gasteiger partial charge is 0.475 e. The Morgan fingerprint density at radius 3 is 1.97 bits per heavy atom. The third-order valence-corrected chi connectivity index (χ3v) is 8.76. The molecule has 5 rings (SSSR count). The SMILES string of the molecule is Cn1c(P(c2ccccc2)c2ccccc2)c(C2=N[C@@H](C(C)(C)C)CO2)c2ccccc21. The molecule has 1 atom stereocenters. The van der Waals surface area contributed by atoms with Crippen LogP contribution in [0.2, 0.25) is 0 Å². The van der Waals surface area contributed by atoms with Gasteiger partial charge in [-0.05, 0) is 22.1 Å². The first-order chi connectivity index (χ1) is 15.4. The molecule has 0 saturated heterocycles. The molecule has 0 bridgehead atoms. The Hall–Kier alpha value is -2.90. The lowest BCUT2D eigenvalue weighted by Crippen LogP contribution is -2.29. The summed E-state index contributed by atoms with van der Waals surface area (Å²) < 4.78 is 8.66. The first kappa shape index (κ1) is 21.0. The Labute approximate surface area is 191 Å². The number of fused-ring (bicyclic) bond motifs is 1. The van der Waals surface area contributed by atoms with Crippen molar-refractivity contribution in [2.75, 3.05) is 6.61 Å². The van der Waals surface area contributed by atoms with Crippen LogP contribution in [0, 0.1) is 5.41 Å². The predicted octanol–water partition coefficient (Wildman–Crippen LogP) is 5.13. The molecule has 3 aromatic carbocycles. The van der Waals surface area contributed by atoms with Crippen LogP contribution in [-0.4, -0.2) is 23.1 Å². The fourth-order valence-electron chi connectivity index (χ4n) is 4.35. The van der Waals surface area contributed by atoms with Gasteiger partial charge in [-0.1, -0.05) is 99.6 Å². The van der Waals surface area contributed by atoms with Gasteiger partial charge in [-0.2, -0.15) is 0 Å². The van der Waals surface area contributed by atoms with Crippen molar-refractivity contribution in [3.8, 4) is 0 Å². The molecule has 0 spiro atoms. The van der Waals surface area contributed by atoms with E-state index in [0.29, 0.717) is 6.61 Å². The number of aryl methyl sites for hydroxylation is 1. The van der Waals surface area contributed by atoms with Crippen LogP contribution in [0.5, 0.6) is 0 Å². The van der Waals surface area contributed by atoms with Gasteiger partial charge in [0.1, 0.15) is 6.61 Å². The summed E-state index contributed by atoms with van der Waals surface area (Å²) in [4.78, 5) is 5.11. The van der Waals surface area contributed by atoms with Crippen molar-refractivity contribution in [2.45, 2.75) is 26.8 Å². The zero-order chi connectivity index (χ0) is 22.3. The molecule has 0 radical (unpaired) electrons. The minimum absolute atomic E-state index is 0.0656. The van der Waals surface area contributed by atoms with Crippen LogP contribution in [0.15, 0.2) is 89.9 Å². The molecule has 1 aromatic heterocycles. The van der Waals surface area contributed by atoms with Gasteiger partial charge in [0.05, 0.1) is 17.0 Å². The molecular formula is C28H29N2OP. The van der Waals surface area contributed by atoms with Crippen molar-refractivity contribution in [3.05, 3.63) is 90.5 Å². The standard InChI is InChI=1S/C28H29N2OP/c1-28(2,3)24-19-31-26(29-24)25-22-17-11-12-18-23(22)30(4)27(25)32(20-13-7-5-8-14-20)21-15-9-6-10-16-21/h5-18,24H,19H2,1-4H3/t24-/m1/s1. The number of ether oxygens (including phenoxy) is 1. The minimum atomic E-state index is -0.791. The second-order valence-electron chi connectivity index (χ2n) is 9.41. The van der Waals surface area contributed by atoms with Gasteiger partial charge in [0.25, 0.3) is 0 Å². The summed E-state index contributed by atoms with van der Waals surface area (Å²) in [5.74, 6) is 0.788. The first-order valence-electron chi connectivity index (χ1n) is 11.1. The van der Waals surface area contributed by atoms with Gasteiger partial charge in [0.15, 0.2) is 0 Å². The molecule has 32 heavy (non-hydrogen) atoms. The maximum Gasteiger partial charge on any atom is 0.219 e. The van der Waals surface area contributed by atoms with Crippen LogP contribution in [0.1, 0.15) is 26.3 Å². The maximum absolute atomic E-state index is 6.31. The van der Waals surface area contributed by atoms with Crippen LogP contribution in [0.3, 0.4) is 0 Å². The van der Waals surface area contributed by atoms with Crippen LogP contribution in [0.25, 0.3) is 10.9 Å². The molecule has 162 valence electrons. The Morgan fingerprint density at radius 2 is 1.41 bits per heavy atom. The lowest BCUT2D eigenvalue weighted by Gasteiger charge is -2.22. The zero-order valence-corrected chi connectivity index (χ0v) is 20.0. The van der Waals surface area contributed by atoms with E-state index in [1.54, 1.807) is 0 Å². The molecule has 0 unspecified atom stereocenters. The molecule has 0 N–H and O–H groups in total. The smallest absolute Gasteiger partial charge is 0.219 e. The highest BCUT2D eigenvalue weighted by atomic mass is 31.1. The van der Waals surface area contributed by atoms with Crippen molar-refractivity contribution in [1.82, 2.24) is 4.57 Å². The average Bonchev–Trinajstić information content (AvgIpc) is 3.40. The number of hydrogen-bond acceptors (Lipinski definition) is 2. The second-order valence-corrected chi connectivity index (χ2v) is 11.5. The van der Waals surface area contributed by atoms with Crippen molar-refractivity contribution >= 4 is 40.8 Å². The van der Waals surface area contributed by atoms with E-state index in [-0.39, 0.29) is 11.5 Å². The summed E-state index contributed by atoms with van der Waals surface area (Å²) >= 11 is 0. The number of aliphatic imine (C=N–C) groups is 1. The molecule has 0 fully saturated rings. The number of para-hydroxylation sites is 1. The second kappa shape index (κ2) is 8.22. The third kappa shape index (κ3) is 3.65. The molecule has 2 heterocycles. The minimum Gasteiger partial charge on any atom is -0.475 e. The fourth-order valence-corrected chi connectivity index (χ4v) is 6.93. The van der Waals surface area contributed by atoms with Crippen LogP contribution in [-0.2, 0) is 11.8 Å². The monoisotopic (exact) mass is 440 g/mol. The van der Waals surface area contributed by atoms with E-state index in [1.807, 2.05) is 0 Å². The summed E-state index contributed by atoms with van der Waals surface area (Å²) in [6.07, 6.45) is 0. The van der Waals surface area contributed by atoms with E-state index in [2.05, 4.69) is 117 Å². The molecule has 1 aliphatic rings. The van der Waals surface area contributed by atoms with Crippen LogP contribution in [0.4, 0.5) is 0 Å². The number of rotatable bonds is 4.